The number of aromatic nitrogens is 1. The summed E-state index contributed by atoms with van der Waals surface area (Å²) in [5.41, 5.74) is 1.53. The molecule has 2 heterocycles. The third-order valence-electron chi connectivity index (χ3n) is 3.89. The Balaban J connectivity index is 2.15. The van der Waals surface area contributed by atoms with E-state index in [4.69, 9.17) is 4.11 Å². The van der Waals surface area contributed by atoms with Crippen LogP contribution >= 0.6 is 0 Å². The Morgan fingerprint density at radius 3 is 2.75 bits per heavy atom. The lowest BCUT2D eigenvalue weighted by atomic mass is 9.60. The van der Waals surface area contributed by atoms with Crippen molar-refractivity contribution in [2.45, 2.75) is 20.6 Å². The van der Waals surface area contributed by atoms with Gasteiger partial charge >= 0.3 is 6.85 Å². The van der Waals surface area contributed by atoms with Gasteiger partial charge in [-0.25, -0.2) is 4.57 Å². The molecule has 2 aromatic rings. The molecule has 1 aromatic heterocycles. The van der Waals surface area contributed by atoms with Gasteiger partial charge in [-0.2, -0.15) is 0 Å². The van der Waals surface area contributed by atoms with Crippen LogP contribution in [0, 0.1) is 6.85 Å². The standard InChI is InChI=1S/C17H20BN2/c1-13-9-10-17(19(4)12-13)20-14(2)16-8-6-5-7-15(16)11-18(20)3/h5-12H,1-4H3/q+1/i1D3. The molecular weight excluding hydrogens is 243 g/mol. The van der Waals surface area contributed by atoms with Crippen molar-refractivity contribution in [2.75, 3.05) is 4.81 Å². The van der Waals surface area contributed by atoms with Gasteiger partial charge in [0.2, 0.25) is 0 Å². The van der Waals surface area contributed by atoms with Crippen LogP contribution in [0.2, 0.25) is 6.82 Å². The Hall–Kier alpha value is -2.03. The van der Waals surface area contributed by atoms with Crippen LogP contribution in [0.25, 0.3) is 11.7 Å². The van der Waals surface area contributed by atoms with Crippen LogP contribution in [0.4, 0.5) is 5.82 Å². The number of aryl methyl sites for hydroxylation is 2. The minimum Gasteiger partial charge on any atom is -0.291 e. The van der Waals surface area contributed by atoms with Crippen LogP contribution in [0.15, 0.2) is 42.6 Å². The van der Waals surface area contributed by atoms with Crippen molar-refractivity contribution < 1.29 is 8.68 Å². The first kappa shape index (κ1) is 9.81. The van der Waals surface area contributed by atoms with E-state index in [1.54, 1.807) is 12.3 Å². The van der Waals surface area contributed by atoms with Gasteiger partial charge in [0, 0.05) is 15.4 Å². The number of hydrogen-bond acceptors (Lipinski definition) is 1. The molecule has 20 heavy (non-hydrogen) atoms. The van der Waals surface area contributed by atoms with Crippen LogP contribution in [-0.2, 0) is 7.05 Å². The lowest BCUT2D eigenvalue weighted by Crippen LogP contribution is -2.50. The molecule has 1 aliphatic heterocycles. The minimum atomic E-state index is -2.08. The van der Waals surface area contributed by atoms with E-state index >= 15 is 0 Å². The molecule has 0 unspecified atom stereocenters. The molecule has 2 nitrogen and oxygen atoms in total. The molecule has 0 saturated carbocycles. The van der Waals surface area contributed by atoms with Crippen LogP contribution in [0.1, 0.15) is 16.6 Å². The van der Waals surface area contributed by atoms with E-state index in [1.165, 1.54) is 16.1 Å². The second kappa shape index (κ2) is 4.82. The maximum Gasteiger partial charge on any atom is 0.402 e. The SMILES string of the molecule is [2H]C([2H])([2H])c1ccc(N2B(C)C=c3ccccc3=C2C)[n+](C)c1. The smallest absolute Gasteiger partial charge is 0.291 e. The third-order valence-corrected chi connectivity index (χ3v) is 3.89. The maximum absolute atomic E-state index is 7.56. The highest BCUT2D eigenvalue weighted by atomic mass is 15.2. The highest BCUT2D eigenvalue weighted by Crippen LogP contribution is 2.18. The van der Waals surface area contributed by atoms with Crippen molar-refractivity contribution in [3.8, 4) is 0 Å². The number of fused-ring (bicyclic) bond motifs is 1. The van der Waals surface area contributed by atoms with Gasteiger partial charge in [-0.15, -0.1) is 0 Å². The van der Waals surface area contributed by atoms with Crippen molar-refractivity contribution in [1.82, 2.24) is 0 Å². The minimum absolute atomic E-state index is 0.203. The largest absolute Gasteiger partial charge is 0.402 e. The summed E-state index contributed by atoms with van der Waals surface area (Å²) < 4.78 is 24.6. The number of benzene rings is 1. The molecular formula is C17H20BN2+. The van der Waals surface area contributed by atoms with Gasteiger partial charge in [-0.1, -0.05) is 30.2 Å². The van der Waals surface area contributed by atoms with Gasteiger partial charge in [0.15, 0.2) is 0 Å². The Morgan fingerprint density at radius 1 is 1.20 bits per heavy atom. The predicted molar refractivity (Wildman–Crippen MR) is 85.7 cm³/mol. The summed E-state index contributed by atoms with van der Waals surface area (Å²) in [7, 11) is 1.89. The van der Waals surface area contributed by atoms with Gasteiger partial charge in [-0.05, 0) is 37.4 Å². The van der Waals surface area contributed by atoms with Crippen LogP contribution in [-0.4, -0.2) is 6.85 Å². The summed E-state index contributed by atoms with van der Waals surface area (Å²) in [5, 5.41) is 2.46. The average molecular weight is 266 g/mol. The first-order valence-electron chi connectivity index (χ1n) is 8.36. The molecule has 1 aromatic carbocycles. The zero-order valence-electron chi connectivity index (χ0n) is 15.1. The second-order valence-corrected chi connectivity index (χ2v) is 5.34. The van der Waals surface area contributed by atoms with Gasteiger partial charge in [-0.3, -0.25) is 4.81 Å². The topological polar surface area (TPSA) is 7.12 Å². The number of rotatable bonds is 1. The van der Waals surface area contributed by atoms with Crippen molar-refractivity contribution in [3.05, 3.63) is 58.6 Å². The normalized spacial score (nSPS) is 16.9. The Kier molecular flexibility index (Phi) is 2.37. The second-order valence-electron chi connectivity index (χ2n) is 5.34. The fraction of sp³-hybridized carbons (Fsp3) is 0.235. The molecule has 3 rings (SSSR count). The molecule has 0 radical (unpaired) electrons. The van der Waals surface area contributed by atoms with Crippen LogP contribution in [0.3, 0.4) is 0 Å². The number of hydrogen-bond donors (Lipinski definition) is 0. The molecule has 0 fully saturated rings. The summed E-state index contributed by atoms with van der Waals surface area (Å²) in [6.07, 6.45) is 1.70. The van der Waals surface area contributed by atoms with Gasteiger partial charge in [0.25, 0.3) is 5.82 Å². The summed E-state index contributed by atoms with van der Waals surface area (Å²) in [5.74, 6) is 3.22. The fourth-order valence-electron chi connectivity index (χ4n) is 2.97. The van der Waals surface area contributed by atoms with E-state index in [0.717, 1.165) is 5.82 Å². The molecule has 3 heteroatoms. The van der Waals surface area contributed by atoms with Crippen LogP contribution in [0.5, 0.6) is 0 Å². The summed E-state index contributed by atoms with van der Waals surface area (Å²) in [6.45, 7) is 2.38. The van der Waals surface area contributed by atoms with E-state index in [1.807, 2.05) is 23.7 Å². The van der Waals surface area contributed by atoms with Gasteiger partial charge < -0.3 is 0 Å². The van der Waals surface area contributed by atoms with E-state index in [9.17, 15) is 0 Å². The molecule has 0 N–H and O–H groups in total. The number of anilines is 1. The lowest BCUT2D eigenvalue weighted by Gasteiger charge is -2.24. The Labute approximate surface area is 125 Å². The molecule has 0 atom stereocenters. The third kappa shape index (κ3) is 2.03. The van der Waals surface area contributed by atoms with Crippen molar-refractivity contribution in [3.63, 3.8) is 0 Å². The highest BCUT2D eigenvalue weighted by molar-refractivity contribution is 6.77. The first-order chi connectivity index (χ1) is 10.8. The average Bonchev–Trinajstić information content (AvgIpc) is 2.47. The van der Waals surface area contributed by atoms with Crippen molar-refractivity contribution >= 4 is 24.3 Å². The maximum atomic E-state index is 7.56. The van der Waals surface area contributed by atoms with E-state index in [0.29, 0.717) is 5.56 Å². The fourth-order valence-corrected chi connectivity index (χ4v) is 2.97. The zero-order valence-corrected chi connectivity index (χ0v) is 12.1. The quantitative estimate of drug-likeness (QED) is 0.559. The monoisotopic (exact) mass is 266 g/mol. The molecule has 1 aliphatic rings. The van der Waals surface area contributed by atoms with E-state index in [2.05, 4.69) is 42.7 Å². The lowest BCUT2D eigenvalue weighted by molar-refractivity contribution is -0.658. The van der Waals surface area contributed by atoms with Gasteiger partial charge in [0.1, 0.15) is 0 Å². The van der Waals surface area contributed by atoms with Crippen molar-refractivity contribution in [2.24, 2.45) is 7.05 Å². The number of nitrogens with zero attached hydrogens (tertiary/aromatic N) is 2. The van der Waals surface area contributed by atoms with Crippen LogP contribution < -0.4 is 19.8 Å². The molecule has 0 amide bonds. The van der Waals surface area contributed by atoms with Gasteiger partial charge in [0.05, 0.1) is 18.9 Å². The zero-order chi connectivity index (χ0) is 16.8. The Bertz CT molecular complexity index is 874. The summed E-state index contributed by atoms with van der Waals surface area (Å²) in [6, 6.07) is 11.9. The molecule has 0 saturated heterocycles. The van der Waals surface area contributed by atoms with E-state index in [-0.39, 0.29) is 6.85 Å². The molecule has 100 valence electrons. The molecule has 0 aliphatic carbocycles. The van der Waals surface area contributed by atoms with E-state index < -0.39 is 6.85 Å². The summed E-state index contributed by atoms with van der Waals surface area (Å²) in [4.78, 5) is 2.24. The first-order valence-corrected chi connectivity index (χ1v) is 6.86. The van der Waals surface area contributed by atoms with Crippen molar-refractivity contribution in [1.29, 1.82) is 0 Å². The highest BCUT2D eigenvalue weighted by Gasteiger charge is 2.31. The summed E-state index contributed by atoms with van der Waals surface area (Å²) >= 11 is 0. The molecule has 0 spiro atoms. The Morgan fingerprint density at radius 2 is 2.00 bits per heavy atom. The predicted octanol–water partition coefficient (Wildman–Crippen LogP) is 1.41. The molecule has 0 bridgehead atoms. The number of pyridine rings is 1.